The number of rotatable bonds is 2. The van der Waals surface area contributed by atoms with Crippen LogP contribution in [0.1, 0.15) is 13.8 Å². The van der Waals surface area contributed by atoms with E-state index in [-0.39, 0.29) is 0 Å². The predicted molar refractivity (Wildman–Crippen MR) is 69.4 cm³/mol. The van der Waals surface area contributed by atoms with Crippen molar-refractivity contribution in [2.75, 3.05) is 23.0 Å². The fourth-order valence-electron chi connectivity index (χ4n) is 0.920. The van der Waals surface area contributed by atoms with Crippen LogP contribution in [0.3, 0.4) is 0 Å². The number of hydrogen-bond donors (Lipinski definition) is 2. The molecule has 0 aliphatic carbocycles. The largest absolute Gasteiger partial charge is 0.178 e. The first kappa shape index (κ1) is 11.5. The summed E-state index contributed by atoms with van der Waals surface area (Å²) in [6, 6.07) is 0. The molecule has 2 unspecified atom stereocenters. The van der Waals surface area contributed by atoms with E-state index in [1.807, 2.05) is 0 Å². The quantitative estimate of drug-likeness (QED) is 0.713. The summed E-state index contributed by atoms with van der Waals surface area (Å²) >= 11 is 12.9. The van der Waals surface area contributed by atoms with Gasteiger partial charge in [0.2, 0.25) is 0 Å². The van der Waals surface area contributed by atoms with E-state index >= 15 is 0 Å². The lowest BCUT2D eigenvalue weighted by atomic mass is 10.2. The average molecular weight is 240 g/mol. The number of hydrogen-bond acceptors (Lipinski definition) is 4. The van der Waals surface area contributed by atoms with E-state index < -0.39 is 0 Å². The molecule has 0 nitrogen and oxygen atoms in total. The van der Waals surface area contributed by atoms with Crippen LogP contribution >= 0.6 is 48.8 Å². The Kier molecular flexibility index (Phi) is 4.09. The van der Waals surface area contributed by atoms with Gasteiger partial charge in [-0.25, -0.2) is 0 Å². The van der Waals surface area contributed by atoms with Crippen LogP contribution < -0.4 is 0 Å². The molecule has 1 rings (SSSR count). The van der Waals surface area contributed by atoms with Gasteiger partial charge >= 0.3 is 0 Å². The fourth-order valence-corrected chi connectivity index (χ4v) is 4.71. The molecule has 0 spiro atoms. The Bertz CT molecular complexity index is 131. The minimum Gasteiger partial charge on any atom is -0.178 e. The highest BCUT2D eigenvalue weighted by Crippen LogP contribution is 2.44. The monoisotopic (exact) mass is 240 g/mol. The second-order valence-electron chi connectivity index (χ2n) is 3.79. The molecule has 0 aromatic rings. The zero-order valence-electron chi connectivity index (χ0n) is 7.54. The van der Waals surface area contributed by atoms with E-state index in [2.05, 4.69) is 62.6 Å². The van der Waals surface area contributed by atoms with Crippen molar-refractivity contribution in [3.63, 3.8) is 0 Å². The summed E-state index contributed by atoms with van der Waals surface area (Å²) in [5.74, 6) is 4.37. The Labute approximate surface area is 94.8 Å². The van der Waals surface area contributed by atoms with Gasteiger partial charge in [0.15, 0.2) is 0 Å². The van der Waals surface area contributed by atoms with E-state index in [0.717, 1.165) is 11.5 Å². The van der Waals surface area contributed by atoms with Gasteiger partial charge in [-0.1, -0.05) is 0 Å². The minimum absolute atomic E-state index is 0.385. The molecule has 0 N–H and O–H groups in total. The van der Waals surface area contributed by atoms with Gasteiger partial charge < -0.3 is 0 Å². The van der Waals surface area contributed by atoms with Crippen molar-refractivity contribution in [2.45, 2.75) is 23.3 Å². The minimum atomic E-state index is 0.385. The molecule has 12 heavy (non-hydrogen) atoms. The predicted octanol–water partition coefficient (Wildman–Crippen LogP) is 2.84. The van der Waals surface area contributed by atoms with E-state index in [9.17, 15) is 0 Å². The average Bonchev–Trinajstić information content (AvgIpc) is 2.11. The van der Waals surface area contributed by atoms with Gasteiger partial charge in [-0.3, -0.25) is 0 Å². The molecule has 0 bridgehead atoms. The summed E-state index contributed by atoms with van der Waals surface area (Å²) in [4.78, 5) is 0. The third kappa shape index (κ3) is 2.69. The molecule has 0 aromatic heterocycles. The Balaban J connectivity index is 2.49. The topological polar surface area (TPSA) is 0 Å². The molecule has 1 aliphatic heterocycles. The van der Waals surface area contributed by atoms with E-state index in [0.29, 0.717) is 9.49 Å². The maximum absolute atomic E-state index is 4.38. The lowest BCUT2D eigenvalue weighted by Gasteiger charge is -2.40. The molecule has 2 atom stereocenters. The first-order chi connectivity index (χ1) is 5.54. The molecular weight excluding hydrogens is 224 g/mol. The Morgan fingerprint density at radius 3 is 1.50 bits per heavy atom. The second kappa shape index (κ2) is 4.28. The van der Waals surface area contributed by atoms with E-state index in [1.54, 1.807) is 0 Å². The standard InChI is InChI=1S/C8H16S4/c1-7(3-9)5-12-8(2,4-10)6-11-7/h9-10H,3-6H2,1-2H3. The molecule has 0 radical (unpaired) electrons. The lowest BCUT2D eigenvalue weighted by molar-refractivity contribution is 0.760. The normalized spacial score (nSPS) is 43.0. The summed E-state index contributed by atoms with van der Waals surface area (Å²) in [5.41, 5.74) is 0. The van der Waals surface area contributed by atoms with Gasteiger partial charge in [-0.2, -0.15) is 48.8 Å². The van der Waals surface area contributed by atoms with E-state index in [1.165, 1.54) is 11.5 Å². The van der Waals surface area contributed by atoms with Gasteiger partial charge in [0.1, 0.15) is 0 Å². The first-order valence-corrected chi connectivity index (χ1v) is 7.27. The van der Waals surface area contributed by atoms with Crippen molar-refractivity contribution < 1.29 is 0 Å². The van der Waals surface area contributed by atoms with Gasteiger partial charge in [-0.15, -0.1) is 0 Å². The molecule has 0 saturated carbocycles. The first-order valence-electron chi connectivity index (χ1n) is 4.03. The number of thioether (sulfide) groups is 2. The van der Waals surface area contributed by atoms with Gasteiger partial charge in [-0.05, 0) is 13.8 Å². The molecule has 1 saturated heterocycles. The van der Waals surface area contributed by atoms with Crippen LogP contribution in [0.2, 0.25) is 0 Å². The summed E-state index contributed by atoms with van der Waals surface area (Å²) < 4.78 is 0.770. The Morgan fingerprint density at radius 1 is 1.00 bits per heavy atom. The highest BCUT2D eigenvalue weighted by atomic mass is 32.2. The molecule has 1 heterocycles. The highest BCUT2D eigenvalue weighted by molar-refractivity contribution is 8.08. The van der Waals surface area contributed by atoms with Crippen LogP contribution in [0.15, 0.2) is 0 Å². The van der Waals surface area contributed by atoms with Crippen molar-refractivity contribution in [3.05, 3.63) is 0 Å². The van der Waals surface area contributed by atoms with Gasteiger partial charge in [0.25, 0.3) is 0 Å². The van der Waals surface area contributed by atoms with Crippen LogP contribution in [0.4, 0.5) is 0 Å². The molecule has 72 valence electrons. The molecule has 0 amide bonds. The SMILES string of the molecule is CC1(CS)CSC(C)(CS)CS1. The molecule has 1 aliphatic rings. The zero-order chi connectivity index (χ0) is 9.24. The third-order valence-corrected chi connectivity index (χ3v) is 7.84. The van der Waals surface area contributed by atoms with Crippen molar-refractivity contribution in [2.24, 2.45) is 0 Å². The summed E-state index contributed by atoms with van der Waals surface area (Å²) in [7, 11) is 0. The van der Waals surface area contributed by atoms with Crippen molar-refractivity contribution in [3.8, 4) is 0 Å². The highest BCUT2D eigenvalue weighted by Gasteiger charge is 2.36. The van der Waals surface area contributed by atoms with Crippen LogP contribution in [0.25, 0.3) is 0 Å². The van der Waals surface area contributed by atoms with Crippen molar-refractivity contribution in [1.29, 1.82) is 0 Å². The maximum Gasteiger partial charge on any atom is 0.0310 e. The van der Waals surface area contributed by atoms with Crippen LogP contribution in [0, 0.1) is 0 Å². The van der Waals surface area contributed by atoms with Crippen molar-refractivity contribution >= 4 is 48.8 Å². The maximum atomic E-state index is 4.38. The Morgan fingerprint density at radius 2 is 1.33 bits per heavy atom. The molecular formula is C8H16S4. The second-order valence-corrected chi connectivity index (χ2v) is 7.55. The molecule has 1 fully saturated rings. The van der Waals surface area contributed by atoms with Crippen LogP contribution in [-0.2, 0) is 0 Å². The third-order valence-electron chi connectivity index (χ3n) is 2.12. The number of thiol groups is 2. The van der Waals surface area contributed by atoms with E-state index in [4.69, 9.17) is 0 Å². The smallest absolute Gasteiger partial charge is 0.0310 e. The van der Waals surface area contributed by atoms with Crippen LogP contribution in [0.5, 0.6) is 0 Å². The van der Waals surface area contributed by atoms with Gasteiger partial charge in [0.05, 0.1) is 0 Å². The summed E-state index contributed by atoms with van der Waals surface area (Å²) in [5, 5.41) is 0. The summed E-state index contributed by atoms with van der Waals surface area (Å²) in [6.07, 6.45) is 0. The van der Waals surface area contributed by atoms with Gasteiger partial charge in [0, 0.05) is 32.5 Å². The summed E-state index contributed by atoms with van der Waals surface area (Å²) in [6.45, 7) is 4.60. The fraction of sp³-hybridized carbons (Fsp3) is 1.00. The van der Waals surface area contributed by atoms with Crippen molar-refractivity contribution in [1.82, 2.24) is 0 Å². The molecule has 0 aromatic carbocycles. The Hall–Kier alpha value is 1.40. The zero-order valence-corrected chi connectivity index (χ0v) is 11.0. The van der Waals surface area contributed by atoms with Crippen LogP contribution in [-0.4, -0.2) is 32.5 Å². The lowest BCUT2D eigenvalue weighted by Crippen LogP contribution is -2.40. The molecule has 4 heteroatoms.